The number of hydrogen-bond donors (Lipinski definition) is 2. The molecular weight excluding hydrogens is 217 g/mol. The van der Waals surface area contributed by atoms with Gasteiger partial charge in [0, 0.05) is 0 Å². The summed E-state index contributed by atoms with van der Waals surface area (Å²) < 4.78 is 13.1. The summed E-state index contributed by atoms with van der Waals surface area (Å²) in [5, 5.41) is 9.01. The second kappa shape index (κ2) is 5.08. The van der Waals surface area contributed by atoms with Crippen LogP contribution in [0.5, 0.6) is 0 Å². The van der Waals surface area contributed by atoms with Crippen molar-refractivity contribution in [2.24, 2.45) is 5.73 Å². The molecule has 0 aromatic heterocycles. The molecule has 3 N–H and O–H groups in total. The van der Waals surface area contributed by atoms with Gasteiger partial charge < -0.3 is 10.8 Å². The molecule has 2 nitrogen and oxygen atoms in total. The fourth-order valence-electron chi connectivity index (χ4n) is 1.72. The Morgan fingerprint density at radius 3 is 2.35 bits per heavy atom. The van der Waals surface area contributed by atoms with E-state index in [0.717, 1.165) is 16.7 Å². The van der Waals surface area contributed by atoms with Crippen LogP contribution in [-0.2, 0) is 0 Å². The summed E-state index contributed by atoms with van der Waals surface area (Å²) in [5.41, 5.74) is 8.29. The first-order valence-corrected chi connectivity index (χ1v) is 5.43. The first-order chi connectivity index (χ1) is 8.20. The van der Waals surface area contributed by atoms with Crippen molar-refractivity contribution in [1.82, 2.24) is 0 Å². The zero-order valence-electron chi connectivity index (χ0n) is 9.31. The second-order valence-corrected chi connectivity index (χ2v) is 3.92. The van der Waals surface area contributed by atoms with E-state index in [9.17, 15) is 4.39 Å². The summed E-state index contributed by atoms with van der Waals surface area (Å²) in [4.78, 5) is 0. The van der Waals surface area contributed by atoms with E-state index in [1.807, 2.05) is 30.3 Å². The quantitative estimate of drug-likeness (QED) is 0.852. The lowest BCUT2D eigenvalue weighted by Crippen LogP contribution is -2.14. The Balaban J connectivity index is 2.39. The standard InChI is InChI=1S/C14H14FNO/c15-13-6-2-4-11(8-13)10-3-1-5-12(7-10)14(16)9-17/h1-8,14,17H,9,16H2/t14-/m1/s1. The Kier molecular flexibility index (Phi) is 3.52. The molecular formula is C14H14FNO. The van der Waals surface area contributed by atoms with Crippen molar-refractivity contribution in [3.05, 3.63) is 59.9 Å². The van der Waals surface area contributed by atoms with Crippen LogP contribution in [0.3, 0.4) is 0 Å². The summed E-state index contributed by atoms with van der Waals surface area (Å²) in [6, 6.07) is 13.5. The topological polar surface area (TPSA) is 46.2 Å². The highest BCUT2D eigenvalue weighted by molar-refractivity contribution is 5.64. The van der Waals surface area contributed by atoms with Gasteiger partial charge in [0.15, 0.2) is 0 Å². The first kappa shape index (κ1) is 11.8. The molecule has 2 aromatic rings. The lowest BCUT2D eigenvalue weighted by Gasteiger charge is -2.10. The fourth-order valence-corrected chi connectivity index (χ4v) is 1.72. The highest BCUT2D eigenvalue weighted by atomic mass is 19.1. The maximum atomic E-state index is 13.1. The third-order valence-corrected chi connectivity index (χ3v) is 2.67. The predicted molar refractivity (Wildman–Crippen MR) is 65.9 cm³/mol. The van der Waals surface area contributed by atoms with Crippen molar-refractivity contribution < 1.29 is 9.50 Å². The van der Waals surface area contributed by atoms with Crippen molar-refractivity contribution in [2.45, 2.75) is 6.04 Å². The van der Waals surface area contributed by atoms with E-state index in [1.165, 1.54) is 12.1 Å². The van der Waals surface area contributed by atoms with Gasteiger partial charge in [-0.25, -0.2) is 4.39 Å². The summed E-state index contributed by atoms with van der Waals surface area (Å²) in [6.07, 6.45) is 0. The molecule has 3 heteroatoms. The van der Waals surface area contributed by atoms with Gasteiger partial charge in [0.1, 0.15) is 5.82 Å². The van der Waals surface area contributed by atoms with Gasteiger partial charge in [-0.1, -0.05) is 30.3 Å². The highest BCUT2D eigenvalue weighted by Crippen LogP contribution is 2.23. The van der Waals surface area contributed by atoms with E-state index >= 15 is 0 Å². The van der Waals surface area contributed by atoms with Crippen LogP contribution in [0, 0.1) is 5.82 Å². The molecule has 17 heavy (non-hydrogen) atoms. The summed E-state index contributed by atoms with van der Waals surface area (Å²) in [6.45, 7) is -0.105. The average Bonchev–Trinajstić information content (AvgIpc) is 2.38. The van der Waals surface area contributed by atoms with Crippen molar-refractivity contribution >= 4 is 0 Å². The molecule has 0 saturated heterocycles. The van der Waals surface area contributed by atoms with Crippen LogP contribution in [0.2, 0.25) is 0 Å². The van der Waals surface area contributed by atoms with Gasteiger partial charge in [0.2, 0.25) is 0 Å². The molecule has 0 fully saturated rings. The molecule has 0 aliphatic heterocycles. The summed E-state index contributed by atoms with van der Waals surface area (Å²) in [5.74, 6) is -0.264. The van der Waals surface area contributed by atoms with Crippen LogP contribution in [0.15, 0.2) is 48.5 Å². The van der Waals surface area contributed by atoms with Crippen molar-refractivity contribution in [3.63, 3.8) is 0 Å². The average molecular weight is 231 g/mol. The molecule has 0 aliphatic carbocycles. The Bertz CT molecular complexity index is 513. The van der Waals surface area contributed by atoms with Gasteiger partial charge in [0.05, 0.1) is 12.6 Å². The van der Waals surface area contributed by atoms with Crippen molar-refractivity contribution in [1.29, 1.82) is 0 Å². The minimum absolute atomic E-state index is 0.105. The maximum absolute atomic E-state index is 13.1. The number of halogens is 1. The zero-order valence-corrected chi connectivity index (χ0v) is 9.31. The van der Waals surface area contributed by atoms with Crippen LogP contribution in [0.4, 0.5) is 4.39 Å². The lowest BCUT2D eigenvalue weighted by molar-refractivity contribution is 0.268. The molecule has 0 unspecified atom stereocenters. The normalized spacial score (nSPS) is 12.4. The molecule has 88 valence electrons. The molecule has 0 aliphatic rings. The molecule has 0 saturated carbocycles. The Hall–Kier alpha value is -1.71. The van der Waals surface area contributed by atoms with Gasteiger partial charge in [0.25, 0.3) is 0 Å². The molecule has 0 heterocycles. The van der Waals surface area contributed by atoms with Crippen molar-refractivity contribution in [2.75, 3.05) is 6.61 Å². The maximum Gasteiger partial charge on any atom is 0.123 e. The van der Waals surface area contributed by atoms with Gasteiger partial charge in [-0.15, -0.1) is 0 Å². The molecule has 2 aromatic carbocycles. The fraction of sp³-hybridized carbons (Fsp3) is 0.143. The van der Waals surface area contributed by atoms with Gasteiger partial charge in [-0.3, -0.25) is 0 Å². The number of nitrogens with two attached hydrogens (primary N) is 1. The van der Waals surface area contributed by atoms with Crippen LogP contribution >= 0.6 is 0 Å². The van der Waals surface area contributed by atoms with Crippen LogP contribution < -0.4 is 5.73 Å². The van der Waals surface area contributed by atoms with E-state index < -0.39 is 6.04 Å². The van der Waals surface area contributed by atoms with Crippen LogP contribution in [0.25, 0.3) is 11.1 Å². The molecule has 0 spiro atoms. The van der Waals surface area contributed by atoms with E-state index in [2.05, 4.69) is 0 Å². The number of hydrogen-bond acceptors (Lipinski definition) is 2. The van der Waals surface area contributed by atoms with Gasteiger partial charge in [-0.05, 0) is 34.9 Å². The van der Waals surface area contributed by atoms with E-state index in [0.29, 0.717) is 0 Å². The van der Waals surface area contributed by atoms with E-state index in [1.54, 1.807) is 6.07 Å². The predicted octanol–water partition coefficient (Wildman–Crippen LogP) is 2.48. The molecule has 2 rings (SSSR count). The van der Waals surface area contributed by atoms with Crippen molar-refractivity contribution in [3.8, 4) is 11.1 Å². The molecule has 1 atom stereocenters. The van der Waals surface area contributed by atoms with E-state index in [-0.39, 0.29) is 12.4 Å². The largest absolute Gasteiger partial charge is 0.394 e. The Labute approximate surface area is 99.5 Å². The first-order valence-electron chi connectivity index (χ1n) is 5.43. The Morgan fingerprint density at radius 1 is 1.06 bits per heavy atom. The van der Waals surface area contributed by atoms with Gasteiger partial charge in [-0.2, -0.15) is 0 Å². The molecule has 0 bridgehead atoms. The number of rotatable bonds is 3. The summed E-state index contributed by atoms with van der Waals surface area (Å²) >= 11 is 0. The second-order valence-electron chi connectivity index (χ2n) is 3.92. The zero-order chi connectivity index (χ0) is 12.3. The number of benzene rings is 2. The van der Waals surface area contributed by atoms with E-state index in [4.69, 9.17) is 10.8 Å². The molecule has 0 radical (unpaired) electrons. The highest BCUT2D eigenvalue weighted by Gasteiger charge is 2.06. The third-order valence-electron chi connectivity index (χ3n) is 2.67. The number of aliphatic hydroxyl groups is 1. The minimum atomic E-state index is -0.400. The van der Waals surface area contributed by atoms with Gasteiger partial charge >= 0.3 is 0 Å². The molecule has 0 amide bonds. The third kappa shape index (κ3) is 2.70. The Morgan fingerprint density at radius 2 is 1.71 bits per heavy atom. The number of aliphatic hydroxyl groups excluding tert-OH is 1. The monoisotopic (exact) mass is 231 g/mol. The minimum Gasteiger partial charge on any atom is -0.394 e. The van der Waals surface area contributed by atoms with Crippen LogP contribution in [0.1, 0.15) is 11.6 Å². The van der Waals surface area contributed by atoms with Crippen LogP contribution in [-0.4, -0.2) is 11.7 Å². The SMILES string of the molecule is N[C@H](CO)c1cccc(-c2cccc(F)c2)c1. The lowest BCUT2D eigenvalue weighted by atomic mass is 10.00. The summed E-state index contributed by atoms with van der Waals surface area (Å²) in [7, 11) is 0. The smallest absolute Gasteiger partial charge is 0.123 e.